The summed E-state index contributed by atoms with van der Waals surface area (Å²) in [6.45, 7) is 2.21. The molecule has 4 heteroatoms. The molecule has 0 unspecified atom stereocenters. The highest BCUT2D eigenvalue weighted by Crippen LogP contribution is 2.25. The van der Waals surface area contributed by atoms with E-state index in [4.69, 9.17) is 28.3 Å². The molecule has 2 nitrogen and oxygen atoms in total. The number of aliphatic hydroxyl groups excluding tert-OH is 1. The molecule has 0 aliphatic carbocycles. The van der Waals surface area contributed by atoms with Crippen molar-refractivity contribution in [3.8, 4) is 0 Å². The Balaban J connectivity index is 0. The van der Waals surface area contributed by atoms with Crippen molar-refractivity contribution in [3.63, 3.8) is 0 Å². The molecule has 3 N–H and O–H groups in total. The van der Waals surface area contributed by atoms with E-state index in [0.717, 1.165) is 29.1 Å². The molecular formula is C14H25Cl2NO. The Morgan fingerprint density at radius 1 is 1.00 bits per heavy atom. The second-order valence-corrected chi connectivity index (χ2v) is 4.33. The highest BCUT2D eigenvalue weighted by molar-refractivity contribution is 6.35. The van der Waals surface area contributed by atoms with Gasteiger partial charge in [-0.1, -0.05) is 55.5 Å². The van der Waals surface area contributed by atoms with Crippen molar-refractivity contribution in [3.05, 3.63) is 33.8 Å². The normalized spacial score (nSPS) is 8.83. The third-order valence-electron chi connectivity index (χ3n) is 2.34. The van der Waals surface area contributed by atoms with Crippen molar-refractivity contribution in [2.24, 2.45) is 5.73 Å². The molecule has 1 aromatic rings. The van der Waals surface area contributed by atoms with Gasteiger partial charge in [-0.25, -0.2) is 0 Å². The van der Waals surface area contributed by atoms with Crippen molar-refractivity contribution < 1.29 is 5.11 Å². The molecule has 0 fully saturated rings. The maximum Gasteiger partial charge on any atom is 0.0452 e. The van der Waals surface area contributed by atoms with E-state index in [-0.39, 0.29) is 0 Å². The summed E-state index contributed by atoms with van der Waals surface area (Å²) in [5, 5.41) is 8.60. The number of benzene rings is 1. The first kappa shape index (κ1) is 20.0. The summed E-state index contributed by atoms with van der Waals surface area (Å²) >= 11 is 12.1. The average Bonchev–Trinajstić information content (AvgIpc) is 2.42. The molecule has 0 saturated carbocycles. The van der Waals surface area contributed by atoms with E-state index in [2.05, 4.69) is 12.7 Å². The van der Waals surface area contributed by atoms with Crippen molar-refractivity contribution in [2.75, 3.05) is 14.2 Å². The summed E-state index contributed by atoms with van der Waals surface area (Å²) in [4.78, 5) is 0. The minimum absolute atomic E-state index is 0.800. The number of unbranched alkanes of at least 4 members (excludes halogenated alkanes) is 3. The van der Waals surface area contributed by atoms with Gasteiger partial charge >= 0.3 is 0 Å². The zero-order valence-corrected chi connectivity index (χ0v) is 13.1. The number of hydrogen-bond donors (Lipinski definition) is 2. The molecule has 0 spiro atoms. The lowest BCUT2D eigenvalue weighted by molar-refractivity contribution is 0.399. The van der Waals surface area contributed by atoms with Crippen LogP contribution in [0.25, 0.3) is 0 Å². The zero-order chi connectivity index (χ0) is 14.4. The molecule has 0 atom stereocenters. The third-order valence-corrected chi connectivity index (χ3v) is 3.05. The smallest absolute Gasteiger partial charge is 0.0452 e. The largest absolute Gasteiger partial charge is 0.400 e. The van der Waals surface area contributed by atoms with Crippen LogP contribution in [0.2, 0.25) is 10.0 Å². The Morgan fingerprint density at radius 3 is 1.94 bits per heavy atom. The van der Waals surface area contributed by atoms with Gasteiger partial charge in [0.05, 0.1) is 0 Å². The summed E-state index contributed by atoms with van der Waals surface area (Å²) in [5.41, 5.74) is 5.60. The average molecular weight is 294 g/mol. The van der Waals surface area contributed by atoms with E-state index in [1.54, 1.807) is 0 Å². The Hall–Kier alpha value is -0.280. The fourth-order valence-electron chi connectivity index (χ4n) is 1.50. The predicted octanol–water partition coefficient (Wildman–Crippen LogP) is 4.30. The fourth-order valence-corrected chi connectivity index (χ4v) is 2.09. The maximum absolute atomic E-state index is 7.00. The van der Waals surface area contributed by atoms with Crippen LogP contribution in [0.5, 0.6) is 0 Å². The minimum Gasteiger partial charge on any atom is -0.400 e. The number of nitrogens with two attached hydrogens (primary N) is 1. The van der Waals surface area contributed by atoms with Crippen LogP contribution in [0.3, 0.4) is 0 Å². The molecule has 18 heavy (non-hydrogen) atoms. The van der Waals surface area contributed by atoms with E-state index >= 15 is 0 Å². The van der Waals surface area contributed by atoms with Gasteiger partial charge in [-0.3, -0.25) is 0 Å². The third kappa shape index (κ3) is 8.76. The van der Waals surface area contributed by atoms with Gasteiger partial charge in [-0.15, -0.1) is 0 Å². The quantitative estimate of drug-likeness (QED) is 0.795. The molecule has 1 rings (SSSR count). The summed E-state index contributed by atoms with van der Waals surface area (Å²) in [5.74, 6) is 0. The second kappa shape index (κ2) is 14.8. The first-order valence-corrected chi connectivity index (χ1v) is 6.96. The van der Waals surface area contributed by atoms with Gasteiger partial charge in [0.2, 0.25) is 0 Å². The van der Waals surface area contributed by atoms with Crippen LogP contribution in [-0.2, 0) is 6.42 Å². The number of aliphatic hydroxyl groups is 1. The zero-order valence-electron chi connectivity index (χ0n) is 11.5. The van der Waals surface area contributed by atoms with E-state index < -0.39 is 0 Å². The van der Waals surface area contributed by atoms with Crippen LogP contribution < -0.4 is 5.73 Å². The molecule has 0 bridgehead atoms. The van der Waals surface area contributed by atoms with Crippen LogP contribution in [0.15, 0.2) is 18.2 Å². The van der Waals surface area contributed by atoms with Gasteiger partial charge in [0.1, 0.15) is 0 Å². The molecule has 0 amide bonds. The van der Waals surface area contributed by atoms with Crippen LogP contribution in [-0.4, -0.2) is 19.3 Å². The Kier molecular flexibility index (Phi) is 16.5. The minimum atomic E-state index is 0.800. The van der Waals surface area contributed by atoms with Gasteiger partial charge in [0.15, 0.2) is 0 Å². The first-order chi connectivity index (χ1) is 8.75. The Morgan fingerprint density at radius 2 is 1.50 bits per heavy atom. The Bertz CT molecular complexity index is 273. The van der Waals surface area contributed by atoms with E-state index in [0.29, 0.717) is 0 Å². The molecule has 106 valence electrons. The SMILES string of the molecule is CCCCCCc1c(Cl)cccc1Cl.CN.CO. The molecule has 0 aliphatic heterocycles. The predicted molar refractivity (Wildman–Crippen MR) is 82.6 cm³/mol. The molecule has 0 aliphatic rings. The molecule has 0 radical (unpaired) electrons. The molecule has 0 heterocycles. The van der Waals surface area contributed by atoms with Crippen LogP contribution >= 0.6 is 23.2 Å². The highest BCUT2D eigenvalue weighted by atomic mass is 35.5. The molecule has 0 aromatic heterocycles. The summed E-state index contributed by atoms with van der Waals surface area (Å²) in [6, 6.07) is 5.70. The molecule has 1 aromatic carbocycles. The first-order valence-electron chi connectivity index (χ1n) is 6.21. The topological polar surface area (TPSA) is 46.2 Å². The van der Waals surface area contributed by atoms with E-state index in [1.807, 2.05) is 18.2 Å². The van der Waals surface area contributed by atoms with Crippen molar-refractivity contribution in [1.82, 2.24) is 0 Å². The molecule has 0 saturated heterocycles. The number of rotatable bonds is 5. The van der Waals surface area contributed by atoms with Gasteiger partial charge in [-0.2, -0.15) is 0 Å². The lowest BCUT2D eigenvalue weighted by Crippen LogP contribution is -1.88. The van der Waals surface area contributed by atoms with Crippen LogP contribution in [0, 0.1) is 0 Å². The number of hydrogen-bond acceptors (Lipinski definition) is 2. The van der Waals surface area contributed by atoms with Gasteiger partial charge in [-0.05, 0) is 37.6 Å². The van der Waals surface area contributed by atoms with E-state index in [1.165, 1.54) is 32.7 Å². The molecular weight excluding hydrogens is 269 g/mol. The Labute approximate surface area is 121 Å². The van der Waals surface area contributed by atoms with Crippen molar-refractivity contribution >= 4 is 23.2 Å². The number of halogens is 2. The van der Waals surface area contributed by atoms with Crippen molar-refractivity contribution in [1.29, 1.82) is 0 Å². The summed E-state index contributed by atoms with van der Waals surface area (Å²) in [6.07, 6.45) is 5.99. The fraction of sp³-hybridized carbons (Fsp3) is 0.571. The van der Waals surface area contributed by atoms with Crippen LogP contribution in [0.4, 0.5) is 0 Å². The monoisotopic (exact) mass is 293 g/mol. The van der Waals surface area contributed by atoms with Gasteiger partial charge < -0.3 is 10.8 Å². The lowest BCUT2D eigenvalue weighted by atomic mass is 10.1. The summed E-state index contributed by atoms with van der Waals surface area (Å²) in [7, 11) is 2.50. The second-order valence-electron chi connectivity index (χ2n) is 3.51. The van der Waals surface area contributed by atoms with Crippen LogP contribution in [0.1, 0.15) is 38.2 Å². The highest BCUT2D eigenvalue weighted by Gasteiger charge is 2.04. The maximum atomic E-state index is 7.00. The van der Waals surface area contributed by atoms with E-state index in [9.17, 15) is 0 Å². The van der Waals surface area contributed by atoms with Gasteiger partial charge in [0, 0.05) is 17.2 Å². The van der Waals surface area contributed by atoms with Crippen molar-refractivity contribution in [2.45, 2.75) is 39.0 Å². The standard InChI is InChI=1S/C12H16Cl2.CH5N.CH4O/c1-2-3-4-5-7-10-11(13)8-6-9-12(10)14;2*1-2/h6,8-9H,2-5,7H2,1H3;2H2,1H3;2H,1H3. The lowest BCUT2D eigenvalue weighted by Gasteiger charge is -2.05. The van der Waals surface area contributed by atoms with Gasteiger partial charge in [0.25, 0.3) is 0 Å². The summed E-state index contributed by atoms with van der Waals surface area (Å²) < 4.78 is 0.